The van der Waals surface area contributed by atoms with Crippen LogP contribution < -0.4 is 0 Å². The first-order valence-electron chi connectivity index (χ1n) is 6.02. The summed E-state index contributed by atoms with van der Waals surface area (Å²) in [6, 6.07) is 7.54. The summed E-state index contributed by atoms with van der Waals surface area (Å²) in [6.45, 7) is 1.88. The first-order valence-corrected chi connectivity index (χ1v) is 7.19. The number of benzene rings is 1. The molecular formula is C14H11BrClN3O. The zero-order valence-corrected chi connectivity index (χ0v) is 13.0. The van der Waals surface area contributed by atoms with E-state index in [-0.39, 0.29) is 5.88 Å². The molecule has 2 aromatic heterocycles. The minimum Gasteiger partial charge on any atom is -0.493 e. The van der Waals surface area contributed by atoms with Gasteiger partial charge in [-0.1, -0.05) is 23.7 Å². The molecule has 0 amide bonds. The van der Waals surface area contributed by atoms with E-state index in [0.29, 0.717) is 17.1 Å². The van der Waals surface area contributed by atoms with Crippen molar-refractivity contribution in [1.29, 1.82) is 0 Å². The molecule has 0 saturated carbocycles. The zero-order valence-electron chi connectivity index (χ0n) is 10.6. The van der Waals surface area contributed by atoms with Gasteiger partial charge < -0.3 is 5.11 Å². The van der Waals surface area contributed by atoms with Crippen LogP contribution in [0.5, 0.6) is 5.88 Å². The van der Waals surface area contributed by atoms with Gasteiger partial charge in [-0.25, -0.2) is 4.98 Å². The molecule has 102 valence electrons. The fourth-order valence-corrected chi connectivity index (χ4v) is 2.58. The maximum absolute atomic E-state index is 10.4. The van der Waals surface area contributed by atoms with Crippen LogP contribution in [-0.4, -0.2) is 19.7 Å². The lowest BCUT2D eigenvalue weighted by molar-refractivity contribution is 0.428. The summed E-state index contributed by atoms with van der Waals surface area (Å²) in [7, 11) is 0. The SMILES string of the molecule is Cc1nc2c(Br)cnn2c(O)c1Cc1ccc(Cl)cc1. The number of aryl methyl sites for hydroxylation is 1. The first-order chi connectivity index (χ1) is 9.56. The monoisotopic (exact) mass is 351 g/mol. The Balaban J connectivity index is 2.09. The predicted octanol–water partition coefficient (Wildman–Crippen LogP) is 3.75. The molecule has 0 spiro atoms. The van der Waals surface area contributed by atoms with Gasteiger partial charge in [0.15, 0.2) is 5.65 Å². The molecule has 0 aliphatic carbocycles. The van der Waals surface area contributed by atoms with E-state index in [4.69, 9.17) is 11.6 Å². The van der Waals surface area contributed by atoms with Crippen molar-refractivity contribution in [2.45, 2.75) is 13.3 Å². The molecule has 0 atom stereocenters. The van der Waals surface area contributed by atoms with Crippen LogP contribution in [0.15, 0.2) is 34.9 Å². The van der Waals surface area contributed by atoms with E-state index < -0.39 is 0 Å². The molecule has 1 aromatic carbocycles. The molecule has 1 N–H and O–H groups in total. The average Bonchev–Trinajstić information content (AvgIpc) is 2.79. The fourth-order valence-electron chi connectivity index (χ4n) is 2.11. The summed E-state index contributed by atoms with van der Waals surface area (Å²) in [6.07, 6.45) is 2.20. The minimum absolute atomic E-state index is 0.119. The highest BCUT2D eigenvalue weighted by atomic mass is 79.9. The Morgan fingerprint density at radius 1 is 1.30 bits per heavy atom. The number of aromatic hydroxyl groups is 1. The van der Waals surface area contributed by atoms with Gasteiger partial charge in [0.25, 0.3) is 0 Å². The minimum atomic E-state index is 0.119. The molecule has 0 unspecified atom stereocenters. The number of rotatable bonds is 2. The van der Waals surface area contributed by atoms with Crippen molar-refractivity contribution in [3.63, 3.8) is 0 Å². The molecule has 4 nitrogen and oxygen atoms in total. The number of hydrogen-bond donors (Lipinski definition) is 1. The van der Waals surface area contributed by atoms with Crippen molar-refractivity contribution in [1.82, 2.24) is 14.6 Å². The molecule has 0 radical (unpaired) electrons. The standard InChI is InChI=1S/C14H11BrClN3O/c1-8-11(6-9-2-4-10(16)5-3-9)14(20)19-13(18-8)12(15)7-17-19/h2-5,7,20H,6H2,1H3. The van der Waals surface area contributed by atoms with Gasteiger partial charge in [0, 0.05) is 22.7 Å². The fraction of sp³-hybridized carbons (Fsp3) is 0.143. The van der Waals surface area contributed by atoms with Crippen molar-refractivity contribution in [3.8, 4) is 5.88 Å². The second-order valence-electron chi connectivity index (χ2n) is 4.53. The summed E-state index contributed by atoms with van der Waals surface area (Å²) in [5.74, 6) is 0.119. The Labute approximate surface area is 129 Å². The van der Waals surface area contributed by atoms with E-state index in [1.165, 1.54) is 4.52 Å². The number of fused-ring (bicyclic) bond motifs is 1. The second-order valence-corrected chi connectivity index (χ2v) is 5.82. The van der Waals surface area contributed by atoms with Crippen LogP contribution in [0, 0.1) is 6.92 Å². The molecule has 2 heterocycles. The molecule has 20 heavy (non-hydrogen) atoms. The van der Waals surface area contributed by atoms with Crippen molar-refractivity contribution in [2.24, 2.45) is 0 Å². The van der Waals surface area contributed by atoms with Gasteiger partial charge >= 0.3 is 0 Å². The third kappa shape index (κ3) is 2.27. The summed E-state index contributed by atoms with van der Waals surface area (Å²) >= 11 is 9.24. The topological polar surface area (TPSA) is 50.4 Å². The van der Waals surface area contributed by atoms with Crippen molar-refractivity contribution in [3.05, 3.63) is 56.8 Å². The molecule has 0 fully saturated rings. The van der Waals surface area contributed by atoms with Crippen LogP contribution in [-0.2, 0) is 6.42 Å². The van der Waals surface area contributed by atoms with Gasteiger partial charge in [0.1, 0.15) is 0 Å². The van der Waals surface area contributed by atoms with Crippen molar-refractivity contribution in [2.75, 3.05) is 0 Å². The van der Waals surface area contributed by atoms with E-state index in [2.05, 4.69) is 26.0 Å². The molecule has 3 aromatic rings. The van der Waals surface area contributed by atoms with Gasteiger partial charge in [-0.15, -0.1) is 0 Å². The molecule has 3 rings (SSSR count). The van der Waals surface area contributed by atoms with Crippen molar-refractivity contribution < 1.29 is 5.11 Å². The molecule has 0 bridgehead atoms. The maximum atomic E-state index is 10.4. The third-order valence-electron chi connectivity index (χ3n) is 3.18. The lowest BCUT2D eigenvalue weighted by Crippen LogP contribution is -2.02. The lowest BCUT2D eigenvalue weighted by Gasteiger charge is -2.09. The Hall–Kier alpha value is -1.59. The highest BCUT2D eigenvalue weighted by Crippen LogP contribution is 2.27. The molecular weight excluding hydrogens is 342 g/mol. The molecule has 0 aliphatic heterocycles. The molecule has 0 aliphatic rings. The second kappa shape index (κ2) is 5.07. The van der Waals surface area contributed by atoms with E-state index in [1.807, 2.05) is 31.2 Å². The van der Waals surface area contributed by atoms with Gasteiger partial charge in [-0.05, 0) is 40.5 Å². The maximum Gasteiger partial charge on any atom is 0.219 e. The Morgan fingerprint density at radius 3 is 2.70 bits per heavy atom. The average molecular weight is 353 g/mol. The lowest BCUT2D eigenvalue weighted by atomic mass is 10.0. The van der Waals surface area contributed by atoms with Crippen LogP contribution >= 0.6 is 27.5 Å². The van der Waals surface area contributed by atoms with Crippen LogP contribution in [0.2, 0.25) is 5.02 Å². The molecule has 6 heteroatoms. The smallest absolute Gasteiger partial charge is 0.219 e. The van der Waals surface area contributed by atoms with Crippen LogP contribution in [0.1, 0.15) is 16.8 Å². The summed E-state index contributed by atoms with van der Waals surface area (Å²) in [5.41, 5.74) is 3.21. The highest BCUT2D eigenvalue weighted by Gasteiger charge is 2.15. The van der Waals surface area contributed by atoms with Gasteiger partial charge in [0.2, 0.25) is 5.88 Å². The van der Waals surface area contributed by atoms with E-state index in [9.17, 15) is 5.11 Å². The summed E-state index contributed by atoms with van der Waals surface area (Å²) in [5, 5.41) is 15.2. The van der Waals surface area contributed by atoms with Crippen LogP contribution in [0.25, 0.3) is 5.65 Å². The quantitative estimate of drug-likeness (QED) is 0.764. The molecule has 0 saturated heterocycles. The third-order valence-corrected chi connectivity index (χ3v) is 3.99. The van der Waals surface area contributed by atoms with E-state index >= 15 is 0 Å². The normalized spacial score (nSPS) is 11.2. The predicted molar refractivity (Wildman–Crippen MR) is 81.3 cm³/mol. The number of hydrogen-bond acceptors (Lipinski definition) is 3. The summed E-state index contributed by atoms with van der Waals surface area (Å²) < 4.78 is 2.19. The largest absolute Gasteiger partial charge is 0.493 e. The highest BCUT2D eigenvalue weighted by molar-refractivity contribution is 9.10. The Bertz CT molecular complexity index is 783. The zero-order chi connectivity index (χ0) is 14.3. The van der Waals surface area contributed by atoms with E-state index in [0.717, 1.165) is 21.3 Å². The van der Waals surface area contributed by atoms with Crippen molar-refractivity contribution >= 4 is 33.2 Å². The van der Waals surface area contributed by atoms with Crippen LogP contribution in [0.4, 0.5) is 0 Å². The van der Waals surface area contributed by atoms with Crippen LogP contribution in [0.3, 0.4) is 0 Å². The first kappa shape index (κ1) is 13.4. The van der Waals surface area contributed by atoms with Gasteiger partial charge in [-0.3, -0.25) is 0 Å². The van der Waals surface area contributed by atoms with Gasteiger partial charge in [-0.2, -0.15) is 9.61 Å². The number of halogens is 2. The Kier molecular flexibility index (Phi) is 3.40. The van der Waals surface area contributed by atoms with Gasteiger partial charge in [0.05, 0.1) is 10.7 Å². The number of nitrogens with zero attached hydrogens (tertiary/aromatic N) is 3. The summed E-state index contributed by atoms with van der Waals surface area (Å²) in [4.78, 5) is 4.48. The number of aromatic nitrogens is 3. The van der Waals surface area contributed by atoms with E-state index in [1.54, 1.807) is 6.20 Å². The Morgan fingerprint density at radius 2 is 2.00 bits per heavy atom.